The summed E-state index contributed by atoms with van der Waals surface area (Å²) in [7, 11) is -0.581. The van der Waals surface area contributed by atoms with E-state index in [0.717, 1.165) is 13.2 Å². The molecule has 0 aliphatic rings. The van der Waals surface area contributed by atoms with Crippen LogP contribution in [0.5, 0.6) is 0 Å². The van der Waals surface area contributed by atoms with Crippen molar-refractivity contribution in [1.29, 1.82) is 0 Å². The van der Waals surface area contributed by atoms with Gasteiger partial charge in [0.15, 0.2) is 8.38 Å². The van der Waals surface area contributed by atoms with Gasteiger partial charge in [0.1, 0.15) is 0 Å². The summed E-state index contributed by atoms with van der Waals surface area (Å²) in [6.45, 7) is 7.41. The van der Waals surface area contributed by atoms with Gasteiger partial charge < -0.3 is 14.5 Å². The van der Waals surface area contributed by atoms with Crippen LogP contribution < -0.4 is 0 Å². The van der Waals surface area contributed by atoms with E-state index in [2.05, 4.69) is 0 Å². The Balaban J connectivity index is 0. The van der Waals surface area contributed by atoms with Crippen LogP contribution in [0.1, 0.15) is 13.8 Å². The lowest BCUT2D eigenvalue weighted by Gasteiger charge is -2.08. The minimum atomic E-state index is -0.581. The van der Waals surface area contributed by atoms with E-state index >= 15 is 0 Å². The fourth-order valence-electron chi connectivity index (χ4n) is 0.401. The highest BCUT2D eigenvalue weighted by atomic mass is 31.2. The van der Waals surface area contributed by atoms with Gasteiger partial charge in [-0.2, -0.15) is 0 Å². The standard InChI is InChI=1S/C5H13O2P.H2O/c1-4-6-8(3)7-5-2;/h4-5H2,1-3H3;1H2. The maximum absolute atomic E-state index is 5.12. The van der Waals surface area contributed by atoms with Gasteiger partial charge in [-0.25, -0.2) is 0 Å². The van der Waals surface area contributed by atoms with Crippen molar-refractivity contribution in [3.63, 3.8) is 0 Å². The fraction of sp³-hybridized carbons (Fsp3) is 1.00. The Kier molecular flexibility index (Phi) is 11.1. The SMILES string of the molecule is CCOP(C)OCC.O. The maximum atomic E-state index is 5.12. The van der Waals surface area contributed by atoms with Crippen LogP contribution in [0, 0.1) is 0 Å². The van der Waals surface area contributed by atoms with E-state index in [-0.39, 0.29) is 5.48 Å². The average molecular weight is 154 g/mol. The van der Waals surface area contributed by atoms with E-state index in [1.54, 1.807) is 0 Å². The molecule has 0 heterocycles. The number of hydrogen-bond acceptors (Lipinski definition) is 2. The second kappa shape index (κ2) is 8.31. The Hall–Kier alpha value is 0.310. The predicted molar refractivity (Wildman–Crippen MR) is 39.7 cm³/mol. The van der Waals surface area contributed by atoms with Crippen molar-refractivity contribution in [3.8, 4) is 0 Å². The van der Waals surface area contributed by atoms with Crippen LogP contribution >= 0.6 is 8.38 Å². The molecule has 0 fully saturated rings. The molecular weight excluding hydrogens is 139 g/mol. The topological polar surface area (TPSA) is 50.0 Å². The molecule has 0 spiro atoms. The molecule has 4 heteroatoms. The zero-order valence-corrected chi connectivity index (χ0v) is 7.07. The lowest BCUT2D eigenvalue weighted by molar-refractivity contribution is 0.274. The van der Waals surface area contributed by atoms with Gasteiger partial charge in [-0.15, -0.1) is 0 Å². The Morgan fingerprint density at radius 1 is 1.11 bits per heavy atom. The first-order chi connectivity index (χ1) is 3.81. The van der Waals surface area contributed by atoms with Crippen molar-refractivity contribution in [2.24, 2.45) is 0 Å². The second-order valence-electron chi connectivity index (χ2n) is 1.28. The number of hydrogen-bond donors (Lipinski definition) is 0. The van der Waals surface area contributed by atoms with Crippen molar-refractivity contribution in [3.05, 3.63) is 0 Å². The van der Waals surface area contributed by atoms with Gasteiger partial charge in [-0.3, -0.25) is 0 Å². The zero-order valence-electron chi connectivity index (χ0n) is 6.18. The molecule has 3 nitrogen and oxygen atoms in total. The van der Waals surface area contributed by atoms with Gasteiger partial charge in [0.05, 0.1) is 13.2 Å². The van der Waals surface area contributed by atoms with Crippen LogP contribution in [-0.2, 0) is 9.05 Å². The van der Waals surface area contributed by atoms with Crippen LogP contribution in [0.3, 0.4) is 0 Å². The number of rotatable bonds is 4. The minimum absolute atomic E-state index is 0. The van der Waals surface area contributed by atoms with Crippen molar-refractivity contribution < 1.29 is 14.5 Å². The van der Waals surface area contributed by atoms with Crippen LogP contribution in [0.15, 0.2) is 0 Å². The second-order valence-corrected chi connectivity index (χ2v) is 2.67. The van der Waals surface area contributed by atoms with Gasteiger partial charge >= 0.3 is 0 Å². The summed E-state index contributed by atoms with van der Waals surface area (Å²) in [4.78, 5) is 0. The molecule has 0 bridgehead atoms. The third-order valence-electron chi connectivity index (χ3n) is 0.622. The molecule has 58 valence electrons. The fourth-order valence-corrected chi connectivity index (χ4v) is 1.20. The van der Waals surface area contributed by atoms with E-state index in [1.807, 2.05) is 20.5 Å². The molecule has 0 saturated heterocycles. The Morgan fingerprint density at radius 2 is 1.44 bits per heavy atom. The highest BCUT2D eigenvalue weighted by molar-refractivity contribution is 7.46. The summed E-state index contributed by atoms with van der Waals surface area (Å²) in [5.74, 6) is 0. The largest absolute Gasteiger partial charge is 0.412 e. The summed E-state index contributed by atoms with van der Waals surface area (Å²) in [6, 6.07) is 0. The van der Waals surface area contributed by atoms with Crippen molar-refractivity contribution >= 4 is 8.38 Å². The molecule has 2 N–H and O–H groups in total. The zero-order chi connectivity index (χ0) is 6.41. The maximum Gasteiger partial charge on any atom is 0.167 e. The molecule has 0 aliphatic heterocycles. The van der Waals surface area contributed by atoms with E-state index in [4.69, 9.17) is 9.05 Å². The predicted octanol–water partition coefficient (Wildman–Crippen LogP) is 1.18. The molecule has 0 unspecified atom stereocenters. The average Bonchev–Trinajstić information content (AvgIpc) is 1.68. The molecule has 0 radical (unpaired) electrons. The molecule has 0 rings (SSSR count). The summed E-state index contributed by atoms with van der Waals surface area (Å²) in [5.41, 5.74) is 0. The molecule has 0 aliphatic carbocycles. The first kappa shape index (κ1) is 12.0. The summed E-state index contributed by atoms with van der Waals surface area (Å²) in [5, 5.41) is 0. The van der Waals surface area contributed by atoms with Crippen molar-refractivity contribution in [1.82, 2.24) is 0 Å². The lowest BCUT2D eigenvalue weighted by Crippen LogP contribution is -1.87. The van der Waals surface area contributed by atoms with Crippen LogP contribution in [0.4, 0.5) is 0 Å². The summed E-state index contributed by atoms with van der Waals surface area (Å²) in [6.07, 6.45) is 0. The molecule has 9 heavy (non-hydrogen) atoms. The molecule has 0 aromatic heterocycles. The Bertz CT molecular complexity index is 45.5. The molecule has 0 atom stereocenters. The van der Waals surface area contributed by atoms with Gasteiger partial charge in [-0.1, -0.05) is 0 Å². The third-order valence-corrected chi connectivity index (χ3v) is 1.87. The lowest BCUT2D eigenvalue weighted by atomic mass is 10.9. The van der Waals surface area contributed by atoms with Crippen LogP contribution in [0.2, 0.25) is 0 Å². The van der Waals surface area contributed by atoms with Gasteiger partial charge in [-0.05, 0) is 13.8 Å². The monoisotopic (exact) mass is 154 g/mol. The molecule has 0 aromatic carbocycles. The van der Waals surface area contributed by atoms with E-state index in [1.165, 1.54) is 0 Å². The van der Waals surface area contributed by atoms with Crippen LogP contribution in [0.25, 0.3) is 0 Å². The summed E-state index contributed by atoms with van der Waals surface area (Å²) < 4.78 is 10.2. The van der Waals surface area contributed by atoms with E-state index < -0.39 is 8.38 Å². The quantitative estimate of drug-likeness (QED) is 0.571. The highest BCUT2D eigenvalue weighted by Crippen LogP contribution is 2.32. The van der Waals surface area contributed by atoms with Gasteiger partial charge in [0.2, 0.25) is 0 Å². The molecule has 0 aromatic rings. The van der Waals surface area contributed by atoms with Crippen molar-refractivity contribution in [2.45, 2.75) is 13.8 Å². The normalized spacial score (nSPS) is 9.33. The van der Waals surface area contributed by atoms with E-state index in [9.17, 15) is 0 Å². The van der Waals surface area contributed by atoms with Gasteiger partial charge in [0.25, 0.3) is 0 Å². The smallest absolute Gasteiger partial charge is 0.167 e. The molecular formula is C5H15O3P. The third kappa shape index (κ3) is 8.31. The summed E-state index contributed by atoms with van der Waals surface area (Å²) >= 11 is 0. The highest BCUT2D eigenvalue weighted by Gasteiger charge is 1.96. The first-order valence-corrected chi connectivity index (χ1v) is 4.43. The van der Waals surface area contributed by atoms with E-state index in [0.29, 0.717) is 0 Å². The first-order valence-electron chi connectivity index (χ1n) is 2.80. The van der Waals surface area contributed by atoms with Crippen LogP contribution in [-0.4, -0.2) is 25.4 Å². The Labute approximate surface area is 57.6 Å². The Morgan fingerprint density at radius 3 is 1.67 bits per heavy atom. The minimum Gasteiger partial charge on any atom is -0.412 e. The van der Waals surface area contributed by atoms with Gasteiger partial charge in [0, 0.05) is 6.66 Å². The van der Waals surface area contributed by atoms with Crippen molar-refractivity contribution in [2.75, 3.05) is 19.9 Å². The molecule has 0 amide bonds. The molecule has 0 saturated carbocycles.